The van der Waals surface area contributed by atoms with Crippen LogP contribution >= 0.6 is 23.2 Å². The van der Waals surface area contributed by atoms with Crippen molar-refractivity contribution in [1.82, 2.24) is 10.3 Å². The minimum absolute atomic E-state index is 0.0362. The number of benzene rings is 1. The lowest BCUT2D eigenvalue weighted by Gasteiger charge is -2.27. The van der Waals surface area contributed by atoms with Gasteiger partial charge < -0.3 is 4.74 Å². The summed E-state index contributed by atoms with van der Waals surface area (Å²) in [6, 6.07) is 3.71. The number of halogens is 2. The number of esters is 1. The number of anilines is 1. The molecule has 102 valence electrons. The summed E-state index contributed by atoms with van der Waals surface area (Å²) in [6.07, 6.45) is 0.0362. The lowest BCUT2D eigenvalue weighted by Crippen LogP contribution is -2.38. The fourth-order valence-corrected chi connectivity index (χ4v) is 2.70. The molecule has 7 heteroatoms. The van der Waals surface area contributed by atoms with Crippen LogP contribution in [0.25, 0.3) is 0 Å². The third-order valence-corrected chi connectivity index (χ3v) is 4.05. The molecule has 0 radical (unpaired) electrons. The number of hydrogen-bond acceptors (Lipinski definition) is 5. The van der Waals surface area contributed by atoms with Crippen LogP contribution in [-0.2, 0) is 16.1 Å². The maximum atomic E-state index is 11.6. The molecule has 1 saturated heterocycles. The standard InChI is InChI=1S/C12H13Cl2N3O2/c1-2-19-10(18)6-16-5-7-9(17-12(16)15-17)4-3-8(13)11(7)14/h3-4,12,15H,2,5-6H2,1H3/t12-,17?/m1/s1. The predicted octanol–water partition coefficient (Wildman–Crippen LogP) is 1.98. The fraction of sp³-hybridized carbons (Fsp3) is 0.417. The van der Waals surface area contributed by atoms with Crippen LogP contribution in [0.15, 0.2) is 12.1 Å². The molecule has 19 heavy (non-hydrogen) atoms. The summed E-state index contributed by atoms with van der Waals surface area (Å²) in [5.41, 5.74) is 5.12. The number of hydrazine groups is 1. The lowest BCUT2D eigenvalue weighted by atomic mass is 10.1. The van der Waals surface area contributed by atoms with Crippen molar-refractivity contribution in [2.45, 2.75) is 19.8 Å². The highest BCUT2D eigenvalue weighted by Gasteiger charge is 2.45. The molecule has 1 atom stereocenters. The van der Waals surface area contributed by atoms with Crippen molar-refractivity contribution < 1.29 is 9.53 Å². The maximum Gasteiger partial charge on any atom is 0.320 e. The molecule has 1 aromatic carbocycles. The van der Waals surface area contributed by atoms with Crippen LogP contribution in [0, 0.1) is 0 Å². The van der Waals surface area contributed by atoms with Gasteiger partial charge in [-0.1, -0.05) is 23.2 Å². The molecule has 1 N–H and O–H groups in total. The molecule has 0 saturated carbocycles. The van der Waals surface area contributed by atoms with E-state index in [1.165, 1.54) is 0 Å². The summed E-state index contributed by atoms with van der Waals surface area (Å²) in [6.45, 7) is 2.98. The summed E-state index contributed by atoms with van der Waals surface area (Å²) in [4.78, 5) is 13.5. The van der Waals surface area contributed by atoms with E-state index in [4.69, 9.17) is 27.9 Å². The number of carbonyl (C=O) groups excluding carboxylic acids is 1. The maximum absolute atomic E-state index is 11.6. The van der Waals surface area contributed by atoms with Crippen LogP contribution in [0.4, 0.5) is 5.69 Å². The first-order valence-corrected chi connectivity index (χ1v) is 6.79. The molecule has 1 aromatic rings. The summed E-state index contributed by atoms with van der Waals surface area (Å²) in [7, 11) is 0. The van der Waals surface area contributed by atoms with Crippen molar-refractivity contribution in [2.24, 2.45) is 0 Å². The van der Waals surface area contributed by atoms with E-state index in [9.17, 15) is 4.79 Å². The van der Waals surface area contributed by atoms with Crippen molar-refractivity contribution >= 4 is 34.9 Å². The third-order valence-electron chi connectivity index (χ3n) is 3.21. The second-order valence-electron chi connectivity index (χ2n) is 4.44. The van der Waals surface area contributed by atoms with Crippen LogP contribution < -0.4 is 10.4 Å². The Bertz CT molecular complexity index is 538. The van der Waals surface area contributed by atoms with Crippen molar-refractivity contribution in [3.05, 3.63) is 27.7 Å². The van der Waals surface area contributed by atoms with E-state index in [0.717, 1.165) is 11.3 Å². The number of ether oxygens (including phenoxy) is 1. The number of fused-ring (bicyclic) bond motifs is 3. The van der Waals surface area contributed by atoms with Crippen LogP contribution in [0.5, 0.6) is 0 Å². The second kappa shape index (κ2) is 4.83. The Hall–Kier alpha value is -1.01. The molecule has 0 spiro atoms. The minimum Gasteiger partial charge on any atom is -0.465 e. The van der Waals surface area contributed by atoms with Gasteiger partial charge in [0.05, 0.1) is 28.9 Å². The first-order valence-electron chi connectivity index (χ1n) is 6.03. The molecule has 2 aliphatic rings. The molecule has 0 aromatic heterocycles. The molecule has 5 nitrogen and oxygen atoms in total. The highest BCUT2D eigenvalue weighted by atomic mass is 35.5. The van der Waals surface area contributed by atoms with Gasteiger partial charge in [-0.15, -0.1) is 0 Å². The zero-order chi connectivity index (χ0) is 13.6. The van der Waals surface area contributed by atoms with Gasteiger partial charge >= 0.3 is 5.97 Å². The number of carbonyl (C=O) groups is 1. The fourth-order valence-electron chi connectivity index (χ4n) is 2.30. The molecule has 0 unspecified atom stereocenters. The first kappa shape index (κ1) is 13.0. The van der Waals surface area contributed by atoms with Crippen molar-refractivity contribution in [3.63, 3.8) is 0 Å². The van der Waals surface area contributed by atoms with Crippen LogP contribution in [0.1, 0.15) is 12.5 Å². The molecule has 3 rings (SSSR count). The Kier molecular flexibility index (Phi) is 3.30. The van der Waals surface area contributed by atoms with Gasteiger partial charge in [-0.05, 0) is 19.1 Å². The molecule has 2 aliphatic heterocycles. The van der Waals surface area contributed by atoms with E-state index < -0.39 is 0 Å². The van der Waals surface area contributed by atoms with Gasteiger partial charge in [-0.2, -0.15) is 5.43 Å². The lowest BCUT2D eigenvalue weighted by molar-refractivity contribution is -0.144. The van der Waals surface area contributed by atoms with E-state index in [1.807, 2.05) is 16.0 Å². The number of nitrogens with one attached hydrogen (secondary N) is 1. The molecular formula is C12H13Cl2N3O2. The van der Waals surface area contributed by atoms with Crippen LogP contribution in [0.2, 0.25) is 10.0 Å². The Balaban J connectivity index is 1.82. The summed E-state index contributed by atoms with van der Waals surface area (Å²) < 4.78 is 4.97. The molecule has 0 aliphatic carbocycles. The van der Waals surface area contributed by atoms with Crippen LogP contribution in [-0.4, -0.2) is 30.3 Å². The van der Waals surface area contributed by atoms with Crippen LogP contribution in [0.3, 0.4) is 0 Å². The summed E-state index contributed by atoms with van der Waals surface area (Å²) in [5, 5.41) is 3.03. The number of rotatable bonds is 3. The average Bonchev–Trinajstić information content (AvgIpc) is 3.15. The molecule has 1 fully saturated rings. The van der Waals surface area contributed by atoms with E-state index in [0.29, 0.717) is 23.2 Å². The second-order valence-corrected chi connectivity index (χ2v) is 5.23. The van der Waals surface area contributed by atoms with Crippen molar-refractivity contribution in [1.29, 1.82) is 0 Å². The Morgan fingerprint density at radius 2 is 2.32 bits per heavy atom. The van der Waals surface area contributed by atoms with E-state index in [2.05, 4.69) is 5.43 Å². The van der Waals surface area contributed by atoms with Gasteiger partial charge in [-0.3, -0.25) is 14.7 Å². The van der Waals surface area contributed by atoms with Gasteiger partial charge in [0, 0.05) is 12.1 Å². The first-order chi connectivity index (χ1) is 9.11. The monoisotopic (exact) mass is 301 g/mol. The smallest absolute Gasteiger partial charge is 0.320 e. The Labute approximate surface area is 121 Å². The zero-order valence-electron chi connectivity index (χ0n) is 10.3. The van der Waals surface area contributed by atoms with Gasteiger partial charge in [0.15, 0.2) is 6.29 Å². The van der Waals surface area contributed by atoms with E-state index >= 15 is 0 Å². The highest BCUT2D eigenvalue weighted by Crippen LogP contribution is 2.41. The normalized spacial score (nSPS) is 20.8. The van der Waals surface area contributed by atoms with E-state index in [-0.39, 0.29) is 18.8 Å². The third kappa shape index (κ3) is 2.27. The average molecular weight is 302 g/mol. The van der Waals surface area contributed by atoms with Gasteiger partial charge in [0.2, 0.25) is 0 Å². The quantitative estimate of drug-likeness (QED) is 0.683. The number of hydrogen-bond donors (Lipinski definition) is 1. The van der Waals surface area contributed by atoms with Gasteiger partial charge in [0.25, 0.3) is 0 Å². The van der Waals surface area contributed by atoms with Crippen molar-refractivity contribution in [2.75, 3.05) is 18.2 Å². The Morgan fingerprint density at radius 1 is 1.53 bits per heavy atom. The molecule has 2 heterocycles. The SMILES string of the molecule is CCOC(=O)CN1Cc2c(ccc(Cl)c2Cl)N2N[C@H]12. The van der Waals surface area contributed by atoms with Gasteiger partial charge in [0.1, 0.15) is 0 Å². The minimum atomic E-state index is -0.238. The van der Waals surface area contributed by atoms with E-state index in [1.54, 1.807) is 13.0 Å². The van der Waals surface area contributed by atoms with Crippen molar-refractivity contribution in [3.8, 4) is 0 Å². The van der Waals surface area contributed by atoms with Gasteiger partial charge in [-0.25, -0.2) is 0 Å². The summed E-state index contributed by atoms with van der Waals surface area (Å²) >= 11 is 12.3. The number of nitrogens with zero attached hydrogens (tertiary/aromatic N) is 2. The highest BCUT2D eigenvalue weighted by molar-refractivity contribution is 6.42. The Morgan fingerprint density at radius 3 is 3.05 bits per heavy atom. The molecule has 0 amide bonds. The molecular weight excluding hydrogens is 289 g/mol. The summed E-state index contributed by atoms with van der Waals surface area (Å²) in [5.74, 6) is -0.238. The topological polar surface area (TPSA) is 54.5 Å². The predicted molar refractivity (Wildman–Crippen MR) is 72.9 cm³/mol. The largest absolute Gasteiger partial charge is 0.465 e. The zero-order valence-corrected chi connectivity index (χ0v) is 11.8. The molecule has 0 bridgehead atoms.